The lowest BCUT2D eigenvalue weighted by atomic mass is 10.1. The van der Waals surface area contributed by atoms with Crippen LogP contribution in [0.3, 0.4) is 0 Å². The maximum absolute atomic E-state index is 12.3. The molecule has 1 aliphatic heterocycles. The van der Waals surface area contributed by atoms with Crippen LogP contribution in [0.15, 0.2) is 66.7 Å². The third-order valence-electron chi connectivity index (χ3n) is 6.17. The monoisotopic (exact) mass is 500 g/mol. The van der Waals surface area contributed by atoms with Crippen LogP contribution in [0.25, 0.3) is 16.9 Å². The predicted octanol–water partition coefficient (Wildman–Crippen LogP) is 5.21. The molecule has 1 fully saturated rings. The van der Waals surface area contributed by atoms with Gasteiger partial charge in [0.25, 0.3) is 0 Å². The van der Waals surface area contributed by atoms with E-state index in [9.17, 15) is 4.79 Å². The van der Waals surface area contributed by atoms with Gasteiger partial charge in [0.05, 0.1) is 12.8 Å². The SMILES string of the molecule is COc1ccc(-c2cccc3nc(Nc4ccc(N5CCN(C(=O)OC(C)(C)C)CC5)cc4)nn23)cc1. The van der Waals surface area contributed by atoms with Gasteiger partial charge in [0.15, 0.2) is 5.65 Å². The minimum atomic E-state index is -0.482. The van der Waals surface area contributed by atoms with E-state index < -0.39 is 5.60 Å². The lowest BCUT2D eigenvalue weighted by Gasteiger charge is -2.36. The first-order valence-corrected chi connectivity index (χ1v) is 12.4. The summed E-state index contributed by atoms with van der Waals surface area (Å²) in [6, 6.07) is 22.0. The molecule has 3 heterocycles. The van der Waals surface area contributed by atoms with Crippen molar-refractivity contribution in [3.8, 4) is 17.0 Å². The predicted molar refractivity (Wildman–Crippen MR) is 145 cm³/mol. The first kappa shape index (κ1) is 24.4. The number of ether oxygens (including phenoxy) is 2. The number of aromatic nitrogens is 3. The van der Waals surface area contributed by atoms with Crippen LogP contribution in [0.5, 0.6) is 5.75 Å². The number of amides is 1. The number of piperazine rings is 1. The lowest BCUT2D eigenvalue weighted by Crippen LogP contribution is -2.50. The van der Waals surface area contributed by atoms with Gasteiger partial charge in [-0.05, 0) is 81.4 Å². The molecule has 0 saturated carbocycles. The lowest BCUT2D eigenvalue weighted by molar-refractivity contribution is 0.0240. The van der Waals surface area contributed by atoms with E-state index in [1.54, 1.807) is 12.0 Å². The summed E-state index contributed by atoms with van der Waals surface area (Å²) in [5.41, 5.74) is 4.26. The molecule has 192 valence electrons. The van der Waals surface area contributed by atoms with Crippen molar-refractivity contribution in [1.82, 2.24) is 19.5 Å². The zero-order valence-corrected chi connectivity index (χ0v) is 21.6. The van der Waals surface area contributed by atoms with E-state index in [-0.39, 0.29) is 6.09 Å². The molecule has 0 spiro atoms. The summed E-state index contributed by atoms with van der Waals surface area (Å²) in [7, 11) is 1.66. The highest BCUT2D eigenvalue weighted by Gasteiger charge is 2.26. The molecule has 1 aliphatic rings. The van der Waals surface area contributed by atoms with Gasteiger partial charge in [-0.2, -0.15) is 4.98 Å². The number of hydrogen-bond acceptors (Lipinski definition) is 7. The highest BCUT2D eigenvalue weighted by atomic mass is 16.6. The van der Waals surface area contributed by atoms with Gasteiger partial charge in [0.2, 0.25) is 5.95 Å². The van der Waals surface area contributed by atoms with E-state index in [0.29, 0.717) is 19.0 Å². The summed E-state index contributed by atoms with van der Waals surface area (Å²) in [6.45, 7) is 8.45. The van der Waals surface area contributed by atoms with Gasteiger partial charge in [-0.25, -0.2) is 9.31 Å². The van der Waals surface area contributed by atoms with Gasteiger partial charge in [-0.1, -0.05) is 6.07 Å². The van der Waals surface area contributed by atoms with Crippen molar-refractivity contribution in [2.45, 2.75) is 26.4 Å². The third-order valence-corrected chi connectivity index (χ3v) is 6.17. The van der Waals surface area contributed by atoms with Gasteiger partial charge in [0.1, 0.15) is 11.4 Å². The molecule has 0 aliphatic carbocycles. The summed E-state index contributed by atoms with van der Waals surface area (Å²) in [4.78, 5) is 21.0. The average molecular weight is 501 g/mol. The Balaban J connectivity index is 1.24. The fourth-order valence-corrected chi connectivity index (χ4v) is 4.30. The molecule has 1 N–H and O–H groups in total. The molecule has 2 aromatic carbocycles. The Morgan fingerprint density at radius 3 is 2.27 bits per heavy atom. The summed E-state index contributed by atoms with van der Waals surface area (Å²) >= 11 is 0. The minimum absolute atomic E-state index is 0.248. The molecular weight excluding hydrogens is 468 g/mol. The number of anilines is 3. The number of rotatable bonds is 5. The van der Waals surface area contributed by atoms with E-state index >= 15 is 0 Å². The molecule has 5 rings (SSSR count). The van der Waals surface area contributed by atoms with Gasteiger partial charge in [-0.15, -0.1) is 5.10 Å². The molecule has 0 atom stereocenters. The van der Waals surface area contributed by atoms with Crippen LogP contribution < -0.4 is 15.0 Å². The second-order valence-corrected chi connectivity index (χ2v) is 9.97. The first-order chi connectivity index (χ1) is 17.8. The molecule has 2 aromatic heterocycles. The fraction of sp³-hybridized carbons (Fsp3) is 0.321. The molecule has 37 heavy (non-hydrogen) atoms. The highest BCUT2D eigenvalue weighted by molar-refractivity contribution is 5.69. The maximum atomic E-state index is 12.3. The molecule has 1 amide bonds. The first-order valence-electron chi connectivity index (χ1n) is 12.4. The van der Waals surface area contributed by atoms with Crippen LogP contribution in [0.1, 0.15) is 20.8 Å². The van der Waals surface area contributed by atoms with Crippen molar-refractivity contribution in [2.24, 2.45) is 0 Å². The second kappa shape index (κ2) is 10.0. The fourth-order valence-electron chi connectivity index (χ4n) is 4.30. The summed E-state index contributed by atoms with van der Waals surface area (Å²) in [6.07, 6.45) is -0.248. The molecule has 0 radical (unpaired) electrons. The Kier molecular flexibility index (Phi) is 6.60. The Labute approximate surface area is 216 Å². The van der Waals surface area contributed by atoms with Crippen molar-refractivity contribution < 1.29 is 14.3 Å². The number of methoxy groups -OCH3 is 1. The van der Waals surface area contributed by atoms with Crippen molar-refractivity contribution in [2.75, 3.05) is 43.5 Å². The third kappa shape index (κ3) is 5.61. The Morgan fingerprint density at radius 2 is 1.62 bits per heavy atom. The number of nitrogens with zero attached hydrogens (tertiary/aromatic N) is 5. The molecule has 1 saturated heterocycles. The maximum Gasteiger partial charge on any atom is 0.410 e. The highest BCUT2D eigenvalue weighted by Crippen LogP contribution is 2.25. The number of hydrogen-bond donors (Lipinski definition) is 1. The second-order valence-electron chi connectivity index (χ2n) is 9.97. The smallest absolute Gasteiger partial charge is 0.410 e. The van der Waals surface area contributed by atoms with Crippen LogP contribution in [0.4, 0.5) is 22.1 Å². The minimum Gasteiger partial charge on any atom is -0.497 e. The van der Waals surface area contributed by atoms with Crippen LogP contribution in [0, 0.1) is 0 Å². The Hall–Kier alpha value is -4.27. The molecule has 4 aromatic rings. The molecule has 9 nitrogen and oxygen atoms in total. The molecular formula is C28H32N6O3. The summed E-state index contributed by atoms with van der Waals surface area (Å²) < 4.78 is 12.6. The van der Waals surface area contributed by atoms with Crippen molar-refractivity contribution in [3.05, 3.63) is 66.7 Å². The van der Waals surface area contributed by atoms with Crippen LogP contribution in [0.2, 0.25) is 0 Å². The van der Waals surface area contributed by atoms with Crippen LogP contribution in [-0.4, -0.2) is 64.5 Å². The zero-order valence-electron chi connectivity index (χ0n) is 21.6. The summed E-state index contributed by atoms with van der Waals surface area (Å²) in [5.74, 6) is 1.34. The standard InChI is InChI=1S/C28H32N6O3/c1-28(2,3)37-27(35)33-18-16-32(17-19-33)22-12-10-21(11-13-22)29-26-30-25-7-5-6-24(34(25)31-26)20-8-14-23(36-4)15-9-20/h5-15H,16-19H2,1-4H3,(H,29,31). The largest absolute Gasteiger partial charge is 0.497 e. The Morgan fingerprint density at radius 1 is 0.919 bits per heavy atom. The number of benzene rings is 2. The van der Waals surface area contributed by atoms with Gasteiger partial charge in [-0.3, -0.25) is 0 Å². The summed E-state index contributed by atoms with van der Waals surface area (Å²) in [5, 5.41) is 8.01. The average Bonchev–Trinajstić information content (AvgIpc) is 3.31. The van der Waals surface area contributed by atoms with Gasteiger partial charge >= 0.3 is 6.09 Å². The quantitative estimate of drug-likeness (QED) is 0.403. The van der Waals surface area contributed by atoms with Crippen LogP contribution in [-0.2, 0) is 4.74 Å². The number of nitrogens with one attached hydrogen (secondary N) is 1. The molecule has 9 heteroatoms. The van der Waals surface area contributed by atoms with Crippen molar-refractivity contribution >= 4 is 29.1 Å². The van der Waals surface area contributed by atoms with E-state index in [2.05, 4.69) is 27.3 Å². The van der Waals surface area contributed by atoms with E-state index in [1.807, 2.05) is 79.9 Å². The van der Waals surface area contributed by atoms with Crippen molar-refractivity contribution in [1.29, 1.82) is 0 Å². The van der Waals surface area contributed by atoms with E-state index in [4.69, 9.17) is 14.6 Å². The molecule has 0 bridgehead atoms. The normalized spacial score (nSPS) is 14.1. The topological polar surface area (TPSA) is 84.2 Å². The molecule has 0 unspecified atom stereocenters. The van der Waals surface area contributed by atoms with E-state index in [0.717, 1.165) is 47.1 Å². The number of carbonyl (C=O) groups is 1. The number of carbonyl (C=O) groups excluding carboxylic acids is 1. The number of fused-ring (bicyclic) bond motifs is 1. The van der Waals surface area contributed by atoms with Gasteiger partial charge < -0.3 is 24.6 Å². The number of pyridine rings is 1. The van der Waals surface area contributed by atoms with E-state index in [1.165, 1.54) is 0 Å². The Bertz CT molecular complexity index is 1370. The zero-order chi connectivity index (χ0) is 26.0. The van der Waals surface area contributed by atoms with Crippen LogP contribution >= 0.6 is 0 Å². The van der Waals surface area contributed by atoms with Crippen molar-refractivity contribution in [3.63, 3.8) is 0 Å². The van der Waals surface area contributed by atoms with Gasteiger partial charge in [0, 0.05) is 43.1 Å².